The van der Waals surface area contributed by atoms with Gasteiger partial charge in [-0.25, -0.2) is 4.98 Å². The molecule has 0 saturated heterocycles. The minimum Gasteiger partial charge on any atom is -0.443 e. The molecule has 0 amide bonds. The Balaban J connectivity index is 2.67. The molecule has 0 radical (unpaired) electrons. The molecule has 0 unspecified atom stereocenters. The van der Waals surface area contributed by atoms with Gasteiger partial charge in [-0.2, -0.15) is 0 Å². The Bertz CT molecular complexity index is 445. The molecule has 1 aromatic carbocycles. The highest BCUT2D eigenvalue weighted by atomic mass is 16.5. The molecule has 0 N–H and O–H groups in total. The van der Waals surface area contributed by atoms with Crippen LogP contribution in [0.4, 0.5) is 0 Å². The van der Waals surface area contributed by atoms with Gasteiger partial charge >= 0.3 is 0 Å². The van der Waals surface area contributed by atoms with E-state index in [1.54, 1.807) is 7.11 Å². The number of fused-ring (bicyclic) bond motifs is 1. The van der Waals surface area contributed by atoms with Gasteiger partial charge in [-0.05, 0) is 19.9 Å². The zero-order chi connectivity index (χ0) is 10.2. The van der Waals surface area contributed by atoms with E-state index in [9.17, 15) is 0 Å². The number of aromatic nitrogens is 1. The van der Waals surface area contributed by atoms with Crippen LogP contribution in [0.15, 0.2) is 29.0 Å². The molecule has 2 rings (SSSR count). The van der Waals surface area contributed by atoms with Gasteiger partial charge < -0.3 is 9.15 Å². The summed E-state index contributed by atoms with van der Waals surface area (Å²) in [5.41, 5.74) is 2.38. The van der Waals surface area contributed by atoms with E-state index in [0.29, 0.717) is 0 Å². The van der Waals surface area contributed by atoms with Crippen LogP contribution in [-0.4, -0.2) is 12.1 Å². The number of oxazole rings is 1. The Hall–Kier alpha value is -1.35. The van der Waals surface area contributed by atoms with Crippen LogP contribution in [0.5, 0.6) is 0 Å². The number of rotatable bonds is 2. The molecule has 0 atom stereocenters. The summed E-state index contributed by atoms with van der Waals surface area (Å²) in [7, 11) is 1.69. The van der Waals surface area contributed by atoms with Crippen molar-refractivity contribution in [2.75, 3.05) is 7.11 Å². The van der Waals surface area contributed by atoms with E-state index in [1.807, 2.05) is 32.0 Å². The van der Waals surface area contributed by atoms with Crippen molar-refractivity contribution >= 4 is 11.1 Å². The Morgan fingerprint density at radius 2 is 2.14 bits per heavy atom. The molecule has 0 saturated carbocycles. The fourth-order valence-electron chi connectivity index (χ4n) is 1.48. The van der Waals surface area contributed by atoms with E-state index in [1.165, 1.54) is 6.39 Å². The molecule has 3 heteroatoms. The molecule has 0 aliphatic carbocycles. The minimum absolute atomic E-state index is 0.337. The molecule has 74 valence electrons. The van der Waals surface area contributed by atoms with Gasteiger partial charge in [0.1, 0.15) is 5.52 Å². The van der Waals surface area contributed by atoms with E-state index in [-0.39, 0.29) is 5.60 Å². The summed E-state index contributed by atoms with van der Waals surface area (Å²) in [6.07, 6.45) is 1.46. The van der Waals surface area contributed by atoms with E-state index in [4.69, 9.17) is 9.15 Å². The third kappa shape index (κ3) is 1.30. The van der Waals surface area contributed by atoms with Crippen LogP contribution in [0.2, 0.25) is 0 Å². The van der Waals surface area contributed by atoms with E-state index in [2.05, 4.69) is 4.98 Å². The molecule has 3 nitrogen and oxygen atoms in total. The van der Waals surface area contributed by atoms with Gasteiger partial charge in [-0.3, -0.25) is 0 Å². The van der Waals surface area contributed by atoms with Gasteiger partial charge in [-0.1, -0.05) is 12.1 Å². The van der Waals surface area contributed by atoms with E-state index >= 15 is 0 Å². The number of nitrogens with zero attached hydrogens (tertiary/aromatic N) is 1. The Morgan fingerprint density at radius 1 is 1.36 bits per heavy atom. The molecule has 0 spiro atoms. The van der Waals surface area contributed by atoms with Crippen molar-refractivity contribution in [3.63, 3.8) is 0 Å². The van der Waals surface area contributed by atoms with Crippen LogP contribution in [0.1, 0.15) is 19.4 Å². The number of benzene rings is 1. The quantitative estimate of drug-likeness (QED) is 0.732. The third-order valence-electron chi connectivity index (χ3n) is 2.52. The van der Waals surface area contributed by atoms with Crippen molar-refractivity contribution in [2.24, 2.45) is 0 Å². The Morgan fingerprint density at radius 3 is 2.86 bits per heavy atom. The number of para-hydroxylation sites is 1. The second-order valence-corrected chi connectivity index (χ2v) is 3.72. The first kappa shape index (κ1) is 9.21. The summed E-state index contributed by atoms with van der Waals surface area (Å²) in [5.74, 6) is 0. The maximum absolute atomic E-state index is 5.42. The average Bonchev–Trinajstić information content (AvgIpc) is 2.64. The van der Waals surface area contributed by atoms with Crippen LogP contribution in [-0.2, 0) is 10.3 Å². The summed E-state index contributed by atoms with van der Waals surface area (Å²) >= 11 is 0. The molecule has 0 fully saturated rings. The number of ether oxygens (including phenoxy) is 1. The first-order valence-corrected chi connectivity index (χ1v) is 4.53. The van der Waals surface area contributed by atoms with Crippen LogP contribution >= 0.6 is 0 Å². The molecular weight excluding hydrogens is 178 g/mol. The van der Waals surface area contributed by atoms with Gasteiger partial charge in [0.15, 0.2) is 12.0 Å². The normalized spacial score (nSPS) is 12.2. The van der Waals surface area contributed by atoms with Crippen molar-refractivity contribution in [3.8, 4) is 0 Å². The van der Waals surface area contributed by atoms with E-state index in [0.717, 1.165) is 16.7 Å². The second kappa shape index (κ2) is 3.10. The SMILES string of the molecule is COC(C)(C)c1cccc2ocnc12. The monoisotopic (exact) mass is 191 g/mol. The first-order valence-electron chi connectivity index (χ1n) is 4.53. The topological polar surface area (TPSA) is 35.3 Å². The molecule has 1 aromatic heterocycles. The van der Waals surface area contributed by atoms with Crippen molar-refractivity contribution in [1.29, 1.82) is 0 Å². The fraction of sp³-hybridized carbons (Fsp3) is 0.364. The summed E-state index contributed by atoms with van der Waals surface area (Å²) < 4.78 is 10.7. The highest BCUT2D eigenvalue weighted by molar-refractivity contribution is 5.77. The zero-order valence-corrected chi connectivity index (χ0v) is 8.57. The lowest BCUT2D eigenvalue weighted by Gasteiger charge is -2.23. The Kier molecular flexibility index (Phi) is 2.04. The van der Waals surface area contributed by atoms with Crippen LogP contribution < -0.4 is 0 Å². The highest BCUT2D eigenvalue weighted by Gasteiger charge is 2.23. The average molecular weight is 191 g/mol. The number of methoxy groups -OCH3 is 1. The lowest BCUT2D eigenvalue weighted by Crippen LogP contribution is -2.19. The fourth-order valence-corrected chi connectivity index (χ4v) is 1.48. The molecule has 0 aliphatic heterocycles. The standard InChI is InChI=1S/C11H13NO2/c1-11(2,13-3)8-5-4-6-9-10(8)12-7-14-9/h4-7H,1-3H3. The predicted octanol–water partition coefficient (Wildman–Crippen LogP) is 2.71. The molecule has 0 bridgehead atoms. The molecule has 14 heavy (non-hydrogen) atoms. The molecule has 1 heterocycles. The first-order chi connectivity index (χ1) is 6.65. The molecule has 0 aliphatic rings. The van der Waals surface area contributed by atoms with Gasteiger partial charge in [0.25, 0.3) is 0 Å². The summed E-state index contributed by atoms with van der Waals surface area (Å²) in [6, 6.07) is 5.86. The predicted molar refractivity (Wildman–Crippen MR) is 54.0 cm³/mol. The van der Waals surface area contributed by atoms with Crippen molar-refractivity contribution < 1.29 is 9.15 Å². The van der Waals surface area contributed by atoms with E-state index < -0.39 is 0 Å². The van der Waals surface area contributed by atoms with Crippen LogP contribution in [0.3, 0.4) is 0 Å². The van der Waals surface area contributed by atoms with Gasteiger partial charge in [0, 0.05) is 12.7 Å². The Labute approximate surface area is 82.7 Å². The summed E-state index contributed by atoms with van der Waals surface area (Å²) in [4.78, 5) is 4.19. The lowest BCUT2D eigenvalue weighted by atomic mass is 9.97. The van der Waals surface area contributed by atoms with Crippen molar-refractivity contribution in [3.05, 3.63) is 30.2 Å². The smallest absolute Gasteiger partial charge is 0.181 e. The van der Waals surface area contributed by atoms with Crippen LogP contribution in [0, 0.1) is 0 Å². The third-order valence-corrected chi connectivity index (χ3v) is 2.52. The zero-order valence-electron chi connectivity index (χ0n) is 8.57. The van der Waals surface area contributed by atoms with Gasteiger partial charge in [-0.15, -0.1) is 0 Å². The summed E-state index contributed by atoms with van der Waals surface area (Å²) in [5, 5.41) is 0. The summed E-state index contributed by atoms with van der Waals surface area (Å²) in [6.45, 7) is 4.02. The number of hydrogen-bond donors (Lipinski definition) is 0. The molecule has 2 aromatic rings. The van der Waals surface area contributed by atoms with Gasteiger partial charge in [0.05, 0.1) is 5.60 Å². The van der Waals surface area contributed by atoms with Crippen molar-refractivity contribution in [1.82, 2.24) is 4.98 Å². The van der Waals surface area contributed by atoms with Crippen molar-refractivity contribution in [2.45, 2.75) is 19.4 Å². The lowest BCUT2D eigenvalue weighted by molar-refractivity contribution is 0.0203. The maximum Gasteiger partial charge on any atom is 0.181 e. The number of hydrogen-bond acceptors (Lipinski definition) is 3. The molecular formula is C11H13NO2. The minimum atomic E-state index is -0.337. The largest absolute Gasteiger partial charge is 0.443 e. The maximum atomic E-state index is 5.42. The second-order valence-electron chi connectivity index (χ2n) is 3.72. The van der Waals surface area contributed by atoms with Gasteiger partial charge in [0.2, 0.25) is 0 Å². The van der Waals surface area contributed by atoms with Crippen LogP contribution in [0.25, 0.3) is 11.1 Å². The highest BCUT2D eigenvalue weighted by Crippen LogP contribution is 2.29.